The maximum atomic E-state index is 12.0. The molecule has 0 bridgehead atoms. The van der Waals surface area contributed by atoms with Gasteiger partial charge in [-0.3, -0.25) is 0 Å². The second kappa shape index (κ2) is 7.04. The minimum atomic E-state index is -4.01. The third-order valence-electron chi connectivity index (χ3n) is 4.07. The second-order valence-corrected chi connectivity index (χ2v) is 7.44. The van der Waals surface area contributed by atoms with Crippen LogP contribution in [0.4, 0.5) is 0 Å². The van der Waals surface area contributed by atoms with Gasteiger partial charge in [-0.05, 0) is 18.6 Å². The molecule has 3 rings (SSSR count). The van der Waals surface area contributed by atoms with Gasteiger partial charge in [0.05, 0.1) is 11.0 Å². The van der Waals surface area contributed by atoms with Crippen LogP contribution in [-0.4, -0.2) is 18.2 Å². The summed E-state index contributed by atoms with van der Waals surface area (Å²) in [4.78, 5) is -0.0931. The van der Waals surface area contributed by atoms with Crippen LogP contribution < -0.4 is 5.14 Å². The van der Waals surface area contributed by atoms with Crippen LogP contribution in [-0.2, 0) is 16.6 Å². The number of aryl methyl sites for hydroxylation is 1. The minimum Gasteiger partial charge on any atom is -0.239 e. The largest absolute Gasteiger partial charge is 0.239 e. The molecule has 2 N–H and O–H groups in total. The summed E-state index contributed by atoms with van der Waals surface area (Å²) in [6.07, 6.45) is 0. The highest BCUT2D eigenvalue weighted by molar-refractivity contribution is 7.89. The smallest absolute Gasteiger partial charge is 0.238 e. The summed E-state index contributed by atoms with van der Waals surface area (Å²) in [5.74, 6) is 0. The average molecular weight is 377 g/mol. The van der Waals surface area contributed by atoms with Crippen LogP contribution in [0.1, 0.15) is 11.3 Å². The van der Waals surface area contributed by atoms with Gasteiger partial charge >= 0.3 is 0 Å². The van der Waals surface area contributed by atoms with E-state index in [1.165, 1.54) is 10.7 Å². The summed E-state index contributed by atoms with van der Waals surface area (Å²) >= 11 is 0. The van der Waals surface area contributed by atoms with E-state index in [1.807, 2.05) is 37.3 Å². The van der Waals surface area contributed by atoms with Gasteiger partial charge in [-0.25, -0.2) is 18.2 Å². The summed E-state index contributed by atoms with van der Waals surface area (Å²) in [5.41, 5.74) is 2.94. The number of hydrogen-bond donors (Lipinski definition) is 1. The zero-order valence-corrected chi connectivity index (χ0v) is 15.2. The monoisotopic (exact) mass is 377 g/mol. The summed E-state index contributed by atoms with van der Waals surface area (Å²) < 4.78 is 25.3. The molecule has 0 unspecified atom stereocenters. The Bertz CT molecular complexity index is 1200. The molecule has 27 heavy (non-hydrogen) atoms. The maximum Gasteiger partial charge on any atom is 0.238 e. The van der Waals surface area contributed by atoms with Crippen molar-refractivity contribution in [3.63, 3.8) is 0 Å². The summed E-state index contributed by atoms with van der Waals surface area (Å²) in [5, 5.41) is 28.5. The predicted molar refractivity (Wildman–Crippen MR) is 99.5 cm³/mol. The molecular weight excluding hydrogens is 362 g/mol. The summed E-state index contributed by atoms with van der Waals surface area (Å²) in [6.45, 7) is 1.80. The van der Waals surface area contributed by atoms with Crippen LogP contribution in [0.2, 0.25) is 0 Å². The molecule has 1 heterocycles. The number of nitrogens with two attached hydrogens (primary N) is 1. The van der Waals surface area contributed by atoms with Crippen molar-refractivity contribution in [3.8, 4) is 34.5 Å². The fourth-order valence-corrected chi connectivity index (χ4v) is 3.59. The summed E-state index contributed by atoms with van der Waals surface area (Å²) in [7, 11) is -4.01. The van der Waals surface area contributed by atoms with Crippen molar-refractivity contribution in [2.75, 3.05) is 0 Å². The maximum absolute atomic E-state index is 12.0. The molecule has 0 fully saturated rings. The van der Waals surface area contributed by atoms with Gasteiger partial charge in [-0.1, -0.05) is 48.0 Å². The third-order valence-corrected chi connectivity index (χ3v) is 5.04. The Labute approximate surface area is 156 Å². The van der Waals surface area contributed by atoms with Crippen molar-refractivity contribution in [1.29, 1.82) is 10.5 Å². The van der Waals surface area contributed by atoms with E-state index < -0.39 is 10.0 Å². The van der Waals surface area contributed by atoms with Crippen molar-refractivity contribution < 1.29 is 8.42 Å². The van der Waals surface area contributed by atoms with Crippen molar-refractivity contribution >= 4 is 10.0 Å². The average Bonchev–Trinajstić information content (AvgIpc) is 3.00. The van der Waals surface area contributed by atoms with Crippen molar-refractivity contribution in [2.45, 2.75) is 18.4 Å². The van der Waals surface area contributed by atoms with Crippen molar-refractivity contribution in [3.05, 3.63) is 59.8 Å². The molecule has 0 aliphatic heterocycles. The molecule has 0 atom stereocenters. The highest BCUT2D eigenvalue weighted by Crippen LogP contribution is 2.37. The van der Waals surface area contributed by atoms with E-state index in [0.29, 0.717) is 11.1 Å². The number of rotatable bonds is 4. The Morgan fingerprint density at radius 1 is 1.11 bits per heavy atom. The highest BCUT2D eigenvalue weighted by atomic mass is 32.2. The molecule has 1 aromatic heterocycles. The quantitative estimate of drug-likeness (QED) is 0.748. The zero-order chi connectivity index (χ0) is 19.6. The highest BCUT2D eigenvalue weighted by Gasteiger charge is 2.24. The van der Waals surface area contributed by atoms with Gasteiger partial charge < -0.3 is 0 Å². The Morgan fingerprint density at radius 2 is 1.78 bits per heavy atom. The van der Waals surface area contributed by atoms with Gasteiger partial charge in [0.1, 0.15) is 24.0 Å². The lowest BCUT2D eigenvalue weighted by atomic mass is 9.98. The lowest BCUT2D eigenvalue weighted by Gasteiger charge is -2.08. The number of nitriles is 2. The Hall–Kier alpha value is -3.46. The van der Waals surface area contributed by atoms with Gasteiger partial charge in [0.2, 0.25) is 10.0 Å². The van der Waals surface area contributed by atoms with Crippen LogP contribution in [0.15, 0.2) is 53.4 Å². The molecule has 8 heteroatoms. The first kappa shape index (κ1) is 18.3. The van der Waals surface area contributed by atoms with Gasteiger partial charge in [0.25, 0.3) is 0 Å². The van der Waals surface area contributed by atoms with Crippen LogP contribution in [0.5, 0.6) is 0 Å². The lowest BCUT2D eigenvalue weighted by molar-refractivity contribution is 0.598. The first-order chi connectivity index (χ1) is 12.9. The Morgan fingerprint density at radius 3 is 2.37 bits per heavy atom. The molecule has 0 aliphatic carbocycles. The molecule has 0 spiro atoms. The van der Waals surface area contributed by atoms with Crippen LogP contribution in [0.25, 0.3) is 22.4 Å². The van der Waals surface area contributed by atoms with E-state index in [4.69, 9.17) is 10.4 Å². The lowest BCUT2D eigenvalue weighted by Crippen LogP contribution is -2.13. The molecule has 3 aromatic rings. The van der Waals surface area contributed by atoms with Crippen LogP contribution >= 0.6 is 0 Å². The first-order valence-corrected chi connectivity index (χ1v) is 9.48. The third kappa shape index (κ3) is 3.44. The van der Waals surface area contributed by atoms with Gasteiger partial charge in [0, 0.05) is 11.1 Å². The van der Waals surface area contributed by atoms with Crippen molar-refractivity contribution in [1.82, 2.24) is 9.78 Å². The number of sulfonamides is 1. The summed E-state index contributed by atoms with van der Waals surface area (Å²) in [6, 6.07) is 17.7. The molecule has 0 aliphatic rings. The minimum absolute atomic E-state index is 0.0931. The molecule has 0 saturated heterocycles. The normalized spacial score (nSPS) is 11.0. The number of nitrogens with zero attached hydrogens (tertiary/aromatic N) is 4. The second-order valence-electron chi connectivity index (χ2n) is 5.91. The van der Waals surface area contributed by atoms with E-state index in [-0.39, 0.29) is 28.4 Å². The van der Waals surface area contributed by atoms with Crippen LogP contribution in [0, 0.1) is 29.6 Å². The van der Waals surface area contributed by atoms with Gasteiger partial charge in [0.15, 0.2) is 0 Å². The van der Waals surface area contributed by atoms with Crippen LogP contribution in [0.3, 0.4) is 0 Å². The number of benzene rings is 2. The van der Waals surface area contributed by atoms with Gasteiger partial charge in [-0.2, -0.15) is 15.6 Å². The van der Waals surface area contributed by atoms with Crippen molar-refractivity contribution in [2.24, 2.45) is 5.14 Å². The number of hydrogen-bond acceptors (Lipinski definition) is 5. The molecular formula is C19H15N5O2S. The molecule has 0 saturated carbocycles. The predicted octanol–water partition coefficient (Wildman–Crippen LogP) is 2.57. The SMILES string of the molecule is Cc1ccc(-c2c(-c3ccccc3S(N)(=O)=O)nn(CC#N)c2C#N)cc1. The standard InChI is InChI=1S/C19H15N5O2S/c1-13-6-8-14(9-7-13)18-16(12-21)24(11-10-20)23-19(18)15-4-2-3-5-17(15)27(22,25)26/h2-9H,11H2,1H3,(H2,22,25,26). The Balaban J connectivity index is 2.40. The van der Waals surface area contributed by atoms with E-state index >= 15 is 0 Å². The Kier molecular flexibility index (Phi) is 4.78. The molecule has 2 aromatic carbocycles. The zero-order valence-electron chi connectivity index (χ0n) is 14.4. The van der Waals surface area contributed by atoms with Gasteiger partial charge in [-0.15, -0.1) is 0 Å². The first-order valence-electron chi connectivity index (χ1n) is 7.94. The topological polar surface area (TPSA) is 126 Å². The van der Waals surface area contributed by atoms with E-state index in [2.05, 4.69) is 11.2 Å². The molecule has 0 radical (unpaired) electrons. The van der Waals surface area contributed by atoms with E-state index in [9.17, 15) is 13.7 Å². The fourth-order valence-electron chi connectivity index (χ4n) is 2.85. The molecule has 0 amide bonds. The molecule has 134 valence electrons. The fraction of sp³-hybridized carbons (Fsp3) is 0.105. The number of aromatic nitrogens is 2. The molecule has 7 nitrogen and oxygen atoms in total. The van der Waals surface area contributed by atoms with E-state index in [0.717, 1.165) is 5.56 Å². The van der Waals surface area contributed by atoms with E-state index in [1.54, 1.807) is 18.2 Å². The number of primary sulfonamides is 1.